The molecule has 0 heterocycles. The lowest BCUT2D eigenvalue weighted by Gasteiger charge is -2.20. The predicted molar refractivity (Wildman–Crippen MR) is 74.1 cm³/mol. The van der Waals surface area contributed by atoms with E-state index in [4.69, 9.17) is 11.0 Å². The highest BCUT2D eigenvalue weighted by atomic mass is 19.1. The van der Waals surface area contributed by atoms with Crippen LogP contribution in [-0.2, 0) is 6.54 Å². The van der Waals surface area contributed by atoms with E-state index in [1.165, 1.54) is 6.07 Å². The lowest BCUT2D eigenvalue weighted by molar-refractivity contribution is 0.608. The van der Waals surface area contributed by atoms with Crippen molar-refractivity contribution in [1.29, 1.82) is 5.26 Å². The Balaban J connectivity index is 2.20. The quantitative estimate of drug-likeness (QED) is 0.858. The lowest BCUT2D eigenvalue weighted by Crippen LogP contribution is -2.17. The first-order valence-corrected chi connectivity index (χ1v) is 5.85. The molecule has 0 amide bonds. The van der Waals surface area contributed by atoms with Crippen LogP contribution in [0.5, 0.6) is 0 Å². The standard InChI is InChI=1S/C15H14FN3/c1-19(14-4-2-3-11(7-14)9-17)10-12-5-6-13(18)8-15(12)16/h2-8H,10,18H2,1H3. The van der Waals surface area contributed by atoms with E-state index in [1.807, 2.05) is 24.1 Å². The van der Waals surface area contributed by atoms with Crippen LogP contribution in [0.15, 0.2) is 42.5 Å². The van der Waals surface area contributed by atoms with Gasteiger partial charge in [0, 0.05) is 30.5 Å². The van der Waals surface area contributed by atoms with Gasteiger partial charge in [-0.3, -0.25) is 0 Å². The summed E-state index contributed by atoms with van der Waals surface area (Å²) in [4.78, 5) is 1.88. The third-order valence-corrected chi connectivity index (χ3v) is 2.90. The number of nitrogens with zero attached hydrogens (tertiary/aromatic N) is 2. The maximum atomic E-state index is 13.7. The van der Waals surface area contributed by atoms with Crippen molar-refractivity contribution >= 4 is 11.4 Å². The molecule has 2 N–H and O–H groups in total. The van der Waals surface area contributed by atoms with Gasteiger partial charge < -0.3 is 10.6 Å². The molecule has 2 aromatic rings. The monoisotopic (exact) mass is 255 g/mol. The van der Waals surface area contributed by atoms with Crippen molar-refractivity contribution in [3.05, 3.63) is 59.4 Å². The van der Waals surface area contributed by atoms with Crippen molar-refractivity contribution in [2.24, 2.45) is 0 Å². The number of hydrogen-bond acceptors (Lipinski definition) is 3. The Labute approximate surface area is 111 Å². The zero-order chi connectivity index (χ0) is 13.8. The van der Waals surface area contributed by atoms with Crippen molar-refractivity contribution in [2.45, 2.75) is 6.54 Å². The average Bonchev–Trinajstić information content (AvgIpc) is 2.42. The molecule has 0 radical (unpaired) electrons. The van der Waals surface area contributed by atoms with E-state index in [1.54, 1.807) is 24.3 Å². The van der Waals surface area contributed by atoms with Crippen molar-refractivity contribution in [3.63, 3.8) is 0 Å². The lowest BCUT2D eigenvalue weighted by atomic mass is 10.1. The number of rotatable bonds is 3. The van der Waals surface area contributed by atoms with E-state index in [9.17, 15) is 4.39 Å². The van der Waals surface area contributed by atoms with Crippen LogP contribution in [0.2, 0.25) is 0 Å². The molecule has 0 aromatic heterocycles. The Kier molecular flexibility index (Phi) is 3.67. The molecule has 4 heteroatoms. The van der Waals surface area contributed by atoms with Gasteiger partial charge in [-0.1, -0.05) is 12.1 Å². The molecule has 0 saturated heterocycles. The Morgan fingerprint density at radius 1 is 1.26 bits per heavy atom. The molecule has 0 aliphatic heterocycles. The first-order chi connectivity index (χ1) is 9.10. The summed E-state index contributed by atoms with van der Waals surface area (Å²) < 4.78 is 13.7. The third-order valence-electron chi connectivity index (χ3n) is 2.90. The summed E-state index contributed by atoms with van der Waals surface area (Å²) in [7, 11) is 1.85. The van der Waals surface area contributed by atoms with Gasteiger partial charge in [-0.25, -0.2) is 4.39 Å². The molecule has 0 fully saturated rings. The Morgan fingerprint density at radius 3 is 2.74 bits per heavy atom. The SMILES string of the molecule is CN(Cc1ccc(N)cc1F)c1cccc(C#N)c1. The highest BCUT2D eigenvalue weighted by Crippen LogP contribution is 2.19. The van der Waals surface area contributed by atoms with E-state index < -0.39 is 0 Å². The van der Waals surface area contributed by atoms with Crippen LogP contribution in [0.25, 0.3) is 0 Å². The smallest absolute Gasteiger partial charge is 0.130 e. The minimum atomic E-state index is -0.316. The molecule has 0 spiro atoms. The summed E-state index contributed by atoms with van der Waals surface area (Å²) in [5.74, 6) is -0.316. The van der Waals surface area contributed by atoms with Crippen molar-refractivity contribution in [3.8, 4) is 6.07 Å². The predicted octanol–water partition coefficient (Wildman–Crippen LogP) is 2.92. The largest absolute Gasteiger partial charge is 0.399 e. The molecular formula is C15H14FN3. The molecule has 0 unspecified atom stereocenters. The fraction of sp³-hybridized carbons (Fsp3) is 0.133. The zero-order valence-electron chi connectivity index (χ0n) is 10.6. The maximum Gasteiger partial charge on any atom is 0.130 e. The molecule has 0 saturated carbocycles. The normalized spacial score (nSPS) is 9.95. The summed E-state index contributed by atoms with van der Waals surface area (Å²) in [5, 5.41) is 8.87. The van der Waals surface area contributed by atoms with Crippen LogP contribution in [0.1, 0.15) is 11.1 Å². The van der Waals surface area contributed by atoms with Crippen LogP contribution >= 0.6 is 0 Å². The Bertz CT molecular complexity index is 632. The highest BCUT2D eigenvalue weighted by Gasteiger charge is 2.07. The molecule has 0 aliphatic carbocycles. The minimum absolute atomic E-state index is 0.316. The van der Waals surface area contributed by atoms with Gasteiger partial charge in [0.2, 0.25) is 0 Å². The van der Waals surface area contributed by atoms with Crippen LogP contribution < -0.4 is 10.6 Å². The first-order valence-electron chi connectivity index (χ1n) is 5.85. The van der Waals surface area contributed by atoms with E-state index >= 15 is 0 Å². The minimum Gasteiger partial charge on any atom is -0.399 e. The third kappa shape index (κ3) is 3.02. The summed E-state index contributed by atoms with van der Waals surface area (Å²) >= 11 is 0. The van der Waals surface area contributed by atoms with E-state index in [-0.39, 0.29) is 5.82 Å². The molecule has 2 aromatic carbocycles. The van der Waals surface area contributed by atoms with Gasteiger partial charge in [0.25, 0.3) is 0 Å². The number of halogens is 1. The second kappa shape index (κ2) is 5.40. The van der Waals surface area contributed by atoms with Gasteiger partial charge in [-0.15, -0.1) is 0 Å². The number of nitriles is 1. The van der Waals surface area contributed by atoms with E-state index in [0.717, 1.165) is 5.69 Å². The van der Waals surface area contributed by atoms with E-state index in [0.29, 0.717) is 23.4 Å². The number of benzene rings is 2. The first kappa shape index (κ1) is 12.9. The zero-order valence-corrected chi connectivity index (χ0v) is 10.6. The summed E-state index contributed by atoms with van der Waals surface area (Å²) in [5.41, 5.74) is 7.95. The van der Waals surface area contributed by atoms with Crippen molar-refractivity contribution < 1.29 is 4.39 Å². The van der Waals surface area contributed by atoms with E-state index in [2.05, 4.69) is 6.07 Å². The van der Waals surface area contributed by atoms with Crippen LogP contribution in [0.4, 0.5) is 15.8 Å². The molecule has 0 atom stereocenters. The van der Waals surface area contributed by atoms with Gasteiger partial charge in [0.05, 0.1) is 11.6 Å². The van der Waals surface area contributed by atoms with Crippen LogP contribution in [-0.4, -0.2) is 7.05 Å². The van der Waals surface area contributed by atoms with Gasteiger partial charge in [-0.2, -0.15) is 5.26 Å². The topological polar surface area (TPSA) is 53.0 Å². The fourth-order valence-corrected chi connectivity index (χ4v) is 1.85. The van der Waals surface area contributed by atoms with Crippen molar-refractivity contribution in [2.75, 3.05) is 17.7 Å². The summed E-state index contributed by atoms with van der Waals surface area (Å²) in [6.45, 7) is 0.418. The molecule has 3 nitrogen and oxygen atoms in total. The molecule has 96 valence electrons. The van der Waals surface area contributed by atoms with Gasteiger partial charge in [-0.05, 0) is 30.3 Å². The molecule has 19 heavy (non-hydrogen) atoms. The number of hydrogen-bond donors (Lipinski definition) is 1. The Hall–Kier alpha value is -2.54. The number of anilines is 2. The average molecular weight is 255 g/mol. The summed E-state index contributed by atoms with van der Waals surface area (Å²) in [6, 6.07) is 14.0. The Morgan fingerprint density at radius 2 is 2.05 bits per heavy atom. The molecule has 0 bridgehead atoms. The van der Waals surface area contributed by atoms with Crippen molar-refractivity contribution in [1.82, 2.24) is 0 Å². The second-order valence-corrected chi connectivity index (χ2v) is 4.37. The second-order valence-electron chi connectivity index (χ2n) is 4.37. The van der Waals surface area contributed by atoms with Crippen LogP contribution in [0, 0.1) is 17.1 Å². The molecule has 0 aliphatic rings. The molecule has 2 rings (SSSR count). The summed E-state index contributed by atoms with van der Waals surface area (Å²) in [6.07, 6.45) is 0. The van der Waals surface area contributed by atoms with Gasteiger partial charge in [0.15, 0.2) is 0 Å². The van der Waals surface area contributed by atoms with Gasteiger partial charge in [0.1, 0.15) is 5.82 Å². The van der Waals surface area contributed by atoms with Crippen LogP contribution in [0.3, 0.4) is 0 Å². The van der Waals surface area contributed by atoms with Gasteiger partial charge >= 0.3 is 0 Å². The number of nitrogen functional groups attached to an aromatic ring is 1. The number of nitrogens with two attached hydrogens (primary N) is 1. The maximum absolute atomic E-state index is 13.7. The molecular weight excluding hydrogens is 241 g/mol. The highest BCUT2D eigenvalue weighted by molar-refractivity contribution is 5.51. The fourth-order valence-electron chi connectivity index (χ4n) is 1.85.